The minimum absolute atomic E-state index is 0.0162. The number of carbonyl (C=O) groups is 1. The van der Waals surface area contributed by atoms with Crippen LogP contribution in [-0.4, -0.2) is 18.1 Å². The molecule has 0 fully saturated rings. The Morgan fingerprint density at radius 3 is 2.55 bits per heavy atom. The van der Waals surface area contributed by atoms with Crippen molar-refractivity contribution in [1.82, 2.24) is 4.98 Å². The fourth-order valence-electron chi connectivity index (χ4n) is 0.647. The van der Waals surface area contributed by atoms with Gasteiger partial charge in [-0.25, -0.2) is 9.78 Å². The van der Waals surface area contributed by atoms with E-state index in [-0.39, 0.29) is 5.89 Å². The lowest BCUT2D eigenvalue weighted by Crippen LogP contribution is -2.00. The van der Waals surface area contributed by atoms with Crippen molar-refractivity contribution in [3.63, 3.8) is 0 Å². The molecule has 0 aliphatic carbocycles. The molecule has 0 saturated heterocycles. The third-order valence-electron chi connectivity index (χ3n) is 1.39. The number of esters is 1. The van der Waals surface area contributed by atoms with Crippen LogP contribution in [0.4, 0.5) is 0 Å². The predicted octanol–water partition coefficient (Wildman–Crippen LogP) is 1.08. The number of oxazole rings is 1. The van der Waals surface area contributed by atoms with Gasteiger partial charge in [0, 0.05) is 0 Å². The summed E-state index contributed by atoms with van der Waals surface area (Å²) >= 11 is 0. The van der Waals surface area contributed by atoms with Gasteiger partial charge in [0.2, 0.25) is 0 Å². The van der Waals surface area contributed by atoms with Crippen LogP contribution in [0, 0.1) is 13.8 Å². The van der Waals surface area contributed by atoms with E-state index in [4.69, 9.17) is 4.42 Å². The summed E-state index contributed by atoms with van der Waals surface area (Å²) in [6.07, 6.45) is 0. The minimum atomic E-state index is -0.541. The maximum atomic E-state index is 10.8. The van der Waals surface area contributed by atoms with Crippen LogP contribution < -0.4 is 0 Å². The van der Waals surface area contributed by atoms with E-state index in [0.717, 1.165) is 0 Å². The molecule has 1 aromatic rings. The number of aromatic nitrogens is 1. The van der Waals surface area contributed by atoms with Gasteiger partial charge >= 0.3 is 11.9 Å². The number of nitrogens with zero attached hydrogens (tertiary/aromatic N) is 1. The second-order valence-electron chi connectivity index (χ2n) is 2.15. The first-order chi connectivity index (χ1) is 5.15. The molecular formula is C7H9NO3. The Bertz CT molecular complexity index is 258. The molecule has 0 amide bonds. The number of hydrogen-bond acceptors (Lipinski definition) is 4. The lowest BCUT2D eigenvalue weighted by molar-refractivity contribution is 0.0554. The molecular weight excluding hydrogens is 146 g/mol. The van der Waals surface area contributed by atoms with Crippen molar-refractivity contribution >= 4 is 5.97 Å². The van der Waals surface area contributed by atoms with Crippen molar-refractivity contribution in [2.45, 2.75) is 13.8 Å². The van der Waals surface area contributed by atoms with Gasteiger partial charge in [-0.1, -0.05) is 0 Å². The predicted molar refractivity (Wildman–Crippen MR) is 37.3 cm³/mol. The van der Waals surface area contributed by atoms with Crippen molar-refractivity contribution in [1.29, 1.82) is 0 Å². The van der Waals surface area contributed by atoms with Gasteiger partial charge in [0.25, 0.3) is 0 Å². The molecule has 60 valence electrons. The molecule has 0 saturated carbocycles. The van der Waals surface area contributed by atoms with Gasteiger partial charge in [-0.05, 0) is 13.8 Å². The highest BCUT2D eigenvalue weighted by Gasteiger charge is 2.13. The summed E-state index contributed by atoms with van der Waals surface area (Å²) in [5, 5.41) is 0. The Morgan fingerprint density at radius 1 is 1.55 bits per heavy atom. The molecule has 0 aromatic carbocycles. The first-order valence-electron chi connectivity index (χ1n) is 3.17. The molecule has 0 atom stereocenters. The molecule has 0 aliphatic rings. The summed E-state index contributed by atoms with van der Waals surface area (Å²) in [7, 11) is 1.29. The van der Waals surface area contributed by atoms with Crippen molar-refractivity contribution in [3.05, 3.63) is 17.3 Å². The third-order valence-corrected chi connectivity index (χ3v) is 1.39. The highest BCUT2D eigenvalue weighted by atomic mass is 16.5. The van der Waals surface area contributed by atoms with E-state index in [9.17, 15) is 4.79 Å². The van der Waals surface area contributed by atoms with E-state index in [2.05, 4.69) is 9.72 Å². The fourth-order valence-corrected chi connectivity index (χ4v) is 0.647. The largest absolute Gasteiger partial charge is 0.462 e. The van der Waals surface area contributed by atoms with Crippen LogP contribution in [0.25, 0.3) is 0 Å². The molecule has 0 bridgehead atoms. The summed E-state index contributed by atoms with van der Waals surface area (Å²) in [6.45, 7) is 3.51. The Kier molecular flexibility index (Phi) is 1.94. The number of ether oxygens (including phenoxy) is 1. The average Bonchev–Trinajstić information content (AvgIpc) is 2.31. The van der Waals surface area contributed by atoms with E-state index in [1.807, 2.05) is 0 Å². The van der Waals surface area contributed by atoms with Crippen LogP contribution in [-0.2, 0) is 4.74 Å². The SMILES string of the molecule is COC(=O)c1nc(C)c(C)o1. The van der Waals surface area contributed by atoms with Gasteiger partial charge in [0.05, 0.1) is 12.8 Å². The number of rotatable bonds is 1. The minimum Gasteiger partial charge on any atom is -0.462 e. The molecule has 0 aliphatic heterocycles. The average molecular weight is 155 g/mol. The van der Waals surface area contributed by atoms with Crippen molar-refractivity contribution in [2.75, 3.05) is 7.11 Å². The van der Waals surface area contributed by atoms with Crippen LogP contribution in [0.15, 0.2) is 4.42 Å². The van der Waals surface area contributed by atoms with E-state index >= 15 is 0 Å². The quantitative estimate of drug-likeness (QED) is 0.569. The topological polar surface area (TPSA) is 52.3 Å². The van der Waals surface area contributed by atoms with Crippen molar-refractivity contribution < 1.29 is 13.9 Å². The molecule has 4 nitrogen and oxygen atoms in total. The monoisotopic (exact) mass is 155 g/mol. The van der Waals surface area contributed by atoms with Crippen LogP contribution in [0.2, 0.25) is 0 Å². The highest BCUT2D eigenvalue weighted by molar-refractivity contribution is 5.84. The molecule has 0 spiro atoms. The highest BCUT2D eigenvalue weighted by Crippen LogP contribution is 2.08. The molecule has 0 radical (unpaired) electrons. The van der Waals surface area contributed by atoms with Crippen LogP contribution in [0.1, 0.15) is 22.1 Å². The molecule has 4 heteroatoms. The molecule has 0 unspecified atom stereocenters. The number of hydrogen-bond donors (Lipinski definition) is 0. The van der Waals surface area contributed by atoms with E-state index < -0.39 is 5.97 Å². The summed E-state index contributed by atoms with van der Waals surface area (Å²) in [5.41, 5.74) is 0.713. The van der Waals surface area contributed by atoms with Gasteiger partial charge in [-0.15, -0.1) is 0 Å². The van der Waals surface area contributed by atoms with E-state index in [0.29, 0.717) is 11.5 Å². The number of carbonyl (C=O) groups excluding carboxylic acids is 1. The lowest BCUT2D eigenvalue weighted by Gasteiger charge is -1.89. The zero-order chi connectivity index (χ0) is 8.43. The normalized spacial score (nSPS) is 9.73. The molecule has 1 rings (SSSR count). The Hall–Kier alpha value is -1.32. The lowest BCUT2D eigenvalue weighted by atomic mass is 10.4. The smallest absolute Gasteiger partial charge is 0.394 e. The van der Waals surface area contributed by atoms with Gasteiger partial charge in [-0.2, -0.15) is 0 Å². The summed E-state index contributed by atoms with van der Waals surface area (Å²) < 4.78 is 9.39. The van der Waals surface area contributed by atoms with E-state index in [1.165, 1.54) is 7.11 Å². The summed E-state index contributed by atoms with van der Waals surface area (Å²) in [4.78, 5) is 14.6. The molecule has 1 heterocycles. The Morgan fingerprint density at radius 2 is 2.18 bits per heavy atom. The van der Waals surface area contributed by atoms with Crippen molar-refractivity contribution in [2.24, 2.45) is 0 Å². The fraction of sp³-hybridized carbons (Fsp3) is 0.429. The molecule has 1 aromatic heterocycles. The van der Waals surface area contributed by atoms with Crippen LogP contribution in [0.5, 0.6) is 0 Å². The summed E-state index contributed by atoms with van der Waals surface area (Å²) in [6, 6.07) is 0. The van der Waals surface area contributed by atoms with Crippen LogP contribution >= 0.6 is 0 Å². The maximum Gasteiger partial charge on any atom is 0.394 e. The number of methoxy groups -OCH3 is 1. The summed E-state index contributed by atoms with van der Waals surface area (Å²) in [5.74, 6) is 0.120. The Labute approximate surface area is 64.2 Å². The van der Waals surface area contributed by atoms with Gasteiger partial charge in [0.1, 0.15) is 5.76 Å². The third kappa shape index (κ3) is 1.39. The second-order valence-corrected chi connectivity index (χ2v) is 2.15. The van der Waals surface area contributed by atoms with Gasteiger partial charge < -0.3 is 9.15 Å². The number of aryl methyl sites for hydroxylation is 2. The Balaban J connectivity index is 2.97. The first-order valence-corrected chi connectivity index (χ1v) is 3.17. The molecule has 0 N–H and O–H groups in total. The zero-order valence-electron chi connectivity index (χ0n) is 6.67. The molecule has 11 heavy (non-hydrogen) atoms. The first kappa shape index (κ1) is 7.78. The zero-order valence-corrected chi connectivity index (χ0v) is 6.67. The maximum absolute atomic E-state index is 10.8. The standard InChI is InChI=1S/C7H9NO3/c1-4-5(2)11-6(8-4)7(9)10-3/h1-3H3. The van der Waals surface area contributed by atoms with Crippen molar-refractivity contribution in [3.8, 4) is 0 Å². The van der Waals surface area contributed by atoms with Gasteiger partial charge in [-0.3, -0.25) is 0 Å². The van der Waals surface area contributed by atoms with E-state index in [1.54, 1.807) is 13.8 Å². The van der Waals surface area contributed by atoms with Gasteiger partial charge in [0.15, 0.2) is 0 Å². The van der Waals surface area contributed by atoms with Crippen LogP contribution in [0.3, 0.4) is 0 Å². The second kappa shape index (κ2) is 2.74.